The van der Waals surface area contributed by atoms with Crippen LogP contribution in [0.25, 0.3) is 27.9 Å². The lowest BCUT2D eigenvalue weighted by molar-refractivity contribution is 0.582. The first-order valence-electron chi connectivity index (χ1n) is 8.97. The second-order valence-electron chi connectivity index (χ2n) is 6.53. The zero-order valence-corrected chi connectivity index (χ0v) is 15.9. The summed E-state index contributed by atoms with van der Waals surface area (Å²) in [4.78, 5) is 17.2. The predicted octanol–water partition coefficient (Wildman–Crippen LogP) is 3.65. The van der Waals surface area contributed by atoms with Crippen LogP contribution in [0.5, 0.6) is 0 Å². The van der Waals surface area contributed by atoms with Crippen LogP contribution in [0.2, 0.25) is 5.02 Å². The Morgan fingerprint density at radius 3 is 2.59 bits per heavy atom. The van der Waals surface area contributed by atoms with Gasteiger partial charge >= 0.3 is 0 Å². The Labute approximate surface area is 160 Å². The first-order chi connectivity index (χ1) is 13.1. The Kier molecular flexibility index (Phi) is 4.61. The number of hydrogen-bond donors (Lipinski definition) is 0. The molecule has 0 saturated heterocycles. The molecule has 4 rings (SSSR count). The SMILES string of the molecule is CCCCCn1cnc2c(nnc3c(-c4ccc(Cl)cc4)c(C)nn32)c1=O. The highest BCUT2D eigenvalue weighted by Gasteiger charge is 2.18. The maximum absolute atomic E-state index is 12.7. The van der Waals surface area contributed by atoms with Crippen molar-refractivity contribution in [3.63, 3.8) is 0 Å². The van der Waals surface area contributed by atoms with Gasteiger partial charge in [-0.1, -0.05) is 43.5 Å². The zero-order chi connectivity index (χ0) is 19.0. The summed E-state index contributed by atoms with van der Waals surface area (Å²) in [5.41, 5.74) is 3.60. The average molecular weight is 383 g/mol. The minimum atomic E-state index is -0.188. The molecule has 3 aromatic heterocycles. The number of aromatic nitrogens is 6. The van der Waals surface area contributed by atoms with Crippen LogP contribution in [0.15, 0.2) is 35.4 Å². The van der Waals surface area contributed by atoms with Crippen LogP contribution in [0.3, 0.4) is 0 Å². The van der Waals surface area contributed by atoms with Crippen LogP contribution >= 0.6 is 11.6 Å². The fraction of sp³-hybridized carbons (Fsp3) is 0.316. The molecule has 1 aromatic carbocycles. The number of nitrogens with zero attached hydrogens (tertiary/aromatic N) is 6. The van der Waals surface area contributed by atoms with E-state index in [-0.39, 0.29) is 11.1 Å². The van der Waals surface area contributed by atoms with E-state index >= 15 is 0 Å². The molecule has 0 radical (unpaired) electrons. The maximum Gasteiger partial charge on any atom is 0.283 e. The van der Waals surface area contributed by atoms with E-state index in [1.807, 2.05) is 31.2 Å². The van der Waals surface area contributed by atoms with Crippen molar-refractivity contribution in [3.05, 3.63) is 51.7 Å². The molecule has 0 fully saturated rings. The average Bonchev–Trinajstić information content (AvgIpc) is 3.00. The van der Waals surface area contributed by atoms with Gasteiger partial charge in [0, 0.05) is 11.6 Å². The van der Waals surface area contributed by atoms with Crippen LogP contribution in [0.4, 0.5) is 0 Å². The molecule has 0 aliphatic heterocycles. The third kappa shape index (κ3) is 3.08. The van der Waals surface area contributed by atoms with Crippen LogP contribution < -0.4 is 5.56 Å². The number of halogens is 1. The number of benzene rings is 1. The number of aryl methyl sites for hydroxylation is 2. The predicted molar refractivity (Wildman–Crippen MR) is 105 cm³/mol. The summed E-state index contributed by atoms with van der Waals surface area (Å²) in [7, 11) is 0. The topological polar surface area (TPSA) is 78.0 Å². The number of fused-ring (bicyclic) bond motifs is 3. The second-order valence-corrected chi connectivity index (χ2v) is 6.96. The first kappa shape index (κ1) is 17.6. The summed E-state index contributed by atoms with van der Waals surface area (Å²) in [5, 5.41) is 13.7. The molecule has 0 aliphatic rings. The molecular weight excluding hydrogens is 364 g/mol. The van der Waals surface area contributed by atoms with Crippen LogP contribution in [-0.2, 0) is 6.54 Å². The van der Waals surface area contributed by atoms with Crippen molar-refractivity contribution in [2.24, 2.45) is 0 Å². The lowest BCUT2D eigenvalue weighted by Crippen LogP contribution is -2.23. The molecule has 0 atom stereocenters. The molecule has 0 saturated carbocycles. The first-order valence-corrected chi connectivity index (χ1v) is 9.35. The van der Waals surface area contributed by atoms with E-state index in [1.165, 1.54) is 0 Å². The molecule has 0 amide bonds. The van der Waals surface area contributed by atoms with E-state index < -0.39 is 0 Å². The van der Waals surface area contributed by atoms with Crippen molar-refractivity contribution in [2.75, 3.05) is 0 Å². The van der Waals surface area contributed by atoms with E-state index in [1.54, 1.807) is 15.4 Å². The normalized spacial score (nSPS) is 11.5. The van der Waals surface area contributed by atoms with Gasteiger partial charge in [-0.2, -0.15) is 9.61 Å². The largest absolute Gasteiger partial charge is 0.297 e. The van der Waals surface area contributed by atoms with Gasteiger partial charge in [-0.25, -0.2) is 4.98 Å². The third-order valence-corrected chi connectivity index (χ3v) is 4.86. The molecule has 0 aliphatic carbocycles. The van der Waals surface area contributed by atoms with Crippen molar-refractivity contribution in [2.45, 2.75) is 39.7 Å². The van der Waals surface area contributed by atoms with Crippen molar-refractivity contribution >= 4 is 28.4 Å². The third-order valence-electron chi connectivity index (χ3n) is 4.61. The molecule has 7 nitrogen and oxygen atoms in total. The van der Waals surface area contributed by atoms with E-state index in [4.69, 9.17) is 11.6 Å². The van der Waals surface area contributed by atoms with Gasteiger partial charge < -0.3 is 0 Å². The van der Waals surface area contributed by atoms with Gasteiger partial charge in [0.25, 0.3) is 5.56 Å². The summed E-state index contributed by atoms with van der Waals surface area (Å²) in [6.45, 7) is 4.65. The quantitative estimate of drug-likeness (QED) is 0.492. The smallest absolute Gasteiger partial charge is 0.283 e. The molecule has 0 bridgehead atoms. The highest BCUT2D eigenvalue weighted by atomic mass is 35.5. The number of rotatable bonds is 5. The monoisotopic (exact) mass is 382 g/mol. The molecule has 0 N–H and O–H groups in total. The van der Waals surface area contributed by atoms with Gasteiger partial charge in [-0.15, -0.1) is 10.2 Å². The molecule has 0 unspecified atom stereocenters. The van der Waals surface area contributed by atoms with Gasteiger partial charge in [-0.05, 0) is 31.0 Å². The van der Waals surface area contributed by atoms with Gasteiger partial charge in [0.1, 0.15) is 6.33 Å². The minimum absolute atomic E-state index is 0.188. The van der Waals surface area contributed by atoms with Crippen molar-refractivity contribution in [1.82, 2.24) is 29.4 Å². The molecule has 0 spiro atoms. The van der Waals surface area contributed by atoms with Crippen LogP contribution in [0.1, 0.15) is 31.9 Å². The van der Waals surface area contributed by atoms with Gasteiger partial charge in [0.2, 0.25) is 0 Å². The summed E-state index contributed by atoms with van der Waals surface area (Å²) in [6.07, 6.45) is 4.66. The van der Waals surface area contributed by atoms with Crippen molar-refractivity contribution < 1.29 is 0 Å². The van der Waals surface area contributed by atoms with Crippen LogP contribution in [0, 0.1) is 6.92 Å². The van der Waals surface area contributed by atoms with Crippen molar-refractivity contribution in [3.8, 4) is 11.1 Å². The molecular formula is C19H19ClN6O. The lowest BCUT2D eigenvalue weighted by Gasteiger charge is -2.06. The second kappa shape index (κ2) is 7.08. The standard InChI is InChI=1S/C19H19ClN6O/c1-3-4-5-10-25-11-21-18-16(19(25)27)22-23-17-15(12(2)24-26(17)18)13-6-8-14(20)9-7-13/h6-9,11H,3-5,10H2,1-2H3. The molecule has 3 heterocycles. The Morgan fingerprint density at radius 1 is 1.07 bits per heavy atom. The highest BCUT2D eigenvalue weighted by molar-refractivity contribution is 6.30. The van der Waals surface area contributed by atoms with E-state index in [9.17, 15) is 4.79 Å². The fourth-order valence-corrected chi connectivity index (χ4v) is 3.34. The minimum Gasteiger partial charge on any atom is -0.297 e. The molecule has 27 heavy (non-hydrogen) atoms. The summed E-state index contributed by atoms with van der Waals surface area (Å²) >= 11 is 5.99. The number of unbranched alkanes of at least 4 members (excludes halogenated alkanes) is 2. The molecule has 138 valence electrons. The van der Waals surface area contributed by atoms with Gasteiger partial charge in [-0.3, -0.25) is 9.36 Å². The fourth-order valence-electron chi connectivity index (χ4n) is 3.21. The van der Waals surface area contributed by atoms with Crippen LogP contribution in [-0.4, -0.2) is 29.4 Å². The van der Waals surface area contributed by atoms with E-state index in [0.717, 1.165) is 36.1 Å². The zero-order valence-electron chi connectivity index (χ0n) is 15.2. The summed E-state index contributed by atoms with van der Waals surface area (Å²) < 4.78 is 3.19. The van der Waals surface area contributed by atoms with Gasteiger partial charge in [0.15, 0.2) is 16.8 Å². The molecule has 4 aromatic rings. The maximum atomic E-state index is 12.7. The Bertz CT molecular complexity index is 1180. The Morgan fingerprint density at radius 2 is 1.85 bits per heavy atom. The Balaban J connectivity index is 1.87. The van der Waals surface area contributed by atoms with Crippen molar-refractivity contribution in [1.29, 1.82) is 0 Å². The van der Waals surface area contributed by atoms with E-state index in [0.29, 0.717) is 22.9 Å². The lowest BCUT2D eigenvalue weighted by atomic mass is 10.1. The summed E-state index contributed by atoms with van der Waals surface area (Å²) in [5.74, 6) is 0. The number of hydrogen-bond acceptors (Lipinski definition) is 5. The summed E-state index contributed by atoms with van der Waals surface area (Å²) in [6, 6.07) is 7.47. The molecule has 8 heteroatoms. The van der Waals surface area contributed by atoms with Gasteiger partial charge in [0.05, 0.1) is 11.3 Å². The highest BCUT2D eigenvalue weighted by Crippen LogP contribution is 2.28. The van der Waals surface area contributed by atoms with E-state index in [2.05, 4.69) is 27.2 Å². The Hall–Kier alpha value is -2.80.